The third-order valence-corrected chi connectivity index (χ3v) is 4.57. The lowest BCUT2D eigenvalue weighted by Gasteiger charge is -2.08. The molecule has 156 valence electrons. The number of anilines is 2. The number of aromatic nitrogens is 3. The Balaban J connectivity index is 1.50. The van der Waals surface area contributed by atoms with Gasteiger partial charge in [0.1, 0.15) is 11.5 Å². The van der Waals surface area contributed by atoms with Gasteiger partial charge in [-0.1, -0.05) is 24.3 Å². The maximum atomic E-state index is 11.1. The molecular weight excluding hydrogens is 396 g/mol. The standard InChI is InChI=1S/C23H20N4O4/c1-14(29)31-19-6-7-20(22(30)11-19)15-2-4-16(5-3-15)21-12-23(27-26-21)25-17-8-9-24-18(10-17)13-28/h2-12,28,30H,13H2,1H3,(H2,24,25,26,27). The largest absolute Gasteiger partial charge is 0.507 e. The third kappa shape index (κ3) is 4.71. The van der Waals surface area contributed by atoms with E-state index in [1.165, 1.54) is 13.0 Å². The minimum atomic E-state index is -0.442. The van der Waals surface area contributed by atoms with E-state index in [1.54, 1.807) is 30.5 Å². The average molecular weight is 416 g/mol. The quantitative estimate of drug-likeness (QED) is 0.277. The summed E-state index contributed by atoms with van der Waals surface area (Å²) in [5.74, 6) is 0.512. The Kier molecular flexibility index (Phi) is 5.63. The summed E-state index contributed by atoms with van der Waals surface area (Å²) < 4.78 is 4.99. The SMILES string of the molecule is CC(=O)Oc1ccc(-c2ccc(-c3cc(Nc4ccnc(CO)c4)n[nH]3)cc2)c(O)c1. The fourth-order valence-electron chi connectivity index (χ4n) is 3.14. The molecule has 2 aromatic carbocycles. The van der Waals surface area contributed by atoms with Gasteiger partial charge in [0, 0.05) is 36.5 Å². The Morgan fingerprint density at radius 3 is 2.55 bits per heavy atom. The molecule has 0 aliphatic rings. The van der Waals surface area contributed by atoms with Crippen molar-refractivity contribution in [1.29, 1.82) is 0 Å². The van der Waals surface area contributed by atoms with Gasteiger partial charge in [0.2, 0.25) is 0 Å². The number of carbonyl (C=O) groups excluding carboxylic acids is 1. The number of nitrogens with one attached hydrogen (secondary N) is 2. The number of phenols is 1. The van der Waals surface area contributed by atoms with Crippen molar-refractivity contribution < 1.29 is 19.7 Å². The summed E-state index contributed by atoms with van der Waals surface area (Å²) in [7, 11) is 0. The Hall–Kier alpha value is -4.17. The first-order chi connectivity index (χ1) is 15.0. The molecule has 2 heterocycles. The highest BCUT2D eigenvalue weighted by atomic mass is 16.5. The van der Waals surface area contributed by atoms with Crippen LogP contribution in [0.3, 0.4) is 0 Å². The van der Waals surface area contributed by atoms with Gasteiger partial charge in [0.15, 0.2) is 5.82 Å². The lowest BCUT2D eigenvalue weighted by molar-refractivity contribution is -0.131. The van der Waals surface area contributed by atoms with Crippen LogP contribution in [-0.2, 0) is 11.4 Å². The van der Waals surface area contributed by atoms with E-state index in [0.29, 0.717) is 22.8 Å². The number of aromatic hydroxyl groups is 1. The molecule has 4 N–H and O–H groups in total. The summed E-state index contributed by atoms with van der Waals surface area (Å²) >= 11 is 0. The maximum absolute atomic E-state index is 11.1. The van der Waals surface area contributed by atoms with E-state index in [9.17, 15) is 15.0 Å². The molecule has 8 heteroatoms. The first kappa shape index (κ1) is 20.1. The van der Waals surface area contributed by atoms with Gasteiger partial charge in [-0.3, -0.25) is 14.9 Å². The van der Waals surface area contributed by atoms with Crippen molar-refractivity contribution >= 4 is 17.5 Å². The number of pyridine rings is 1. The smallest absolute Gasteiger partial charge is 0.308 e. The second kappa shape index (κ2) is 8.68. The summed E-state index contributed by atoms with van der Waals surface area (Å²) in [5.41, 5.74) is 4.54. The number of H-pyrrole nitrogens is 1. The van der Waals surface area contributed by atoms with Gasteiger partial charge < -0.3 is 20.3 Å². The number of rotatable bonds is 6. The van der Waals surface area contributed by atoms with Gasteiger partial charge in [-0.2, -0.15) is 5.10 Å². The van der Waals surface area contributed by atoms with Crippen LogP contribution in [-0.4, -0.2) is 31.4 Å². The van der Waals surface area contributed by atoms with Crippen molar-refractivity contribution in [3.63, 3.8) is 0 Å². The number of aliphatic hydroxyl groups excluding tert-OH is 1. The van der Waals surface area contributed by atoms with Crippen LogP contribution in [0, 0.1) is 0 Å². The second-order valence-electron chi connectivity index (χ2n) is 6.84. The van der Waals surface area contributed by atoms with Crippen molar-refractivity contribution in [3.05, 3.63) is 72.6 Å². The molecule has 0 aliphatic heterocycles. The first-order valence-electron chi connectivity index (χ1n) is 9.52. The Labute approximate surface area is 178 Å². The van der Waals surface area contributed by atoms with Gasteiger partial charge in [-0.25, -0.2) is 0 Å². The highest BCUT2D eigenvalue weighted by Gasteiger charge is 2.09. The second-order valence-corrected chi connectivity index (χ2v) is 6.84. The van der Waals surface area contributed by atoms with Crippen LogP contribution >= 0.6 is 0 Å². The summed E-state index contributed by atoms with van der Waals surface area (Å²) in [6, 6.07) is 17.8. The van der Waals surface area contributed by atoms with Crippen molar-refractivity contribution in [2.24, 2.45) is 0 Å². The normalized spacial score (nSPS) is 10.6. The van der Waals surface area contributed by atoms with E-state index in [4.69, 9.17) is 4.74 Å². The molecular formula is C23H20N4O4. The van der Waals surface area contributed by atoms with Gasteiger partial charge in [0.05, 0.1) is 18.0 Å². The zero-order valence-corrected chi connectivity index (χ0v) is 16.7. The predicted molar refractivity (Wildman–Crippen MR) is 116 cm³/mol. The Morgan fingerprint density at radius 2 is 1.84 bits per heavy atom. The number of aliphatic hydroxyl groups is 1. The van der Waals surface area contributed by atoms with E-state index in [0.717, 1.165) is 22.5 Å². The fraction of sp³-hybridized carbons (Fsp3) is 0.0870. The van der Waals surface area contributed by atoms with Crippen molar-refractivity contribution in [2.45, 2.75) is 13.5 Å². The molecule has 0 fully saturated rings. The van der Waals surface area contributed by atoms with E-state index in [-0.39, 0.29) is 12.4 Å². The Morgan fingerprint density at radius 1 is 1.06 bits per heavy atom. The van der Waals surface area contributed by atoms with Crippen molar-refractivity contribution in [2.75, 3.05) is 5.32 Å². The van der Waals surface area contributed by atoms with Gasteiger partial charge >= 0.3 is 5.97 Å². The minimum absolute atomic E-state index is 0.0270. The fourth-order valence-corrected chi connectivity index (χ4v) is 3.14. The number of hydrogen-bond acceptors (Lipinski definition) is 7. The van der Waals surface area contributed by atoms with Crippen LogP contribution < -0.4 is 10.1 Å². The maximum Gasteiger partial charge on any atom is 0.308 e. The number of carbonyl (C=O) groups is 1. The molecule has 0 aliphatic carbocycles. The molecule has 8 nitrogen and oxygen atoms in total. The Bertz CT molecular complexity index is 1220. The number of nitrogens with zero attached hydrogens (tertiary/aromatic N) is 2. The number of benzene rings is 2. The van der Waals surface area contributed by atoms with Crippen LogP contribution in [0.2, 0.25) is 0 Å². The summed E-state index contributed by atoms with van der Waals surface area (Å²) in [4.78, 5) is 15.1. The van der Waals surface area contributed by atoms with E-state index < -0.39 is 5.97 Å². The molecule has 0 spiro atoms. The number of aromatic amines is 1. The first-order valence-corrected chi connectivity index (χ1v) is 9.52. The minimum Gasteiger partial charge on any atom is -0.507 e. The van der Waals surface area contributed by atoms with Crippen molar-refractivity contribution in [3.8, 4) is 33.9 Å². The molecule has 0 radical (unpaired) electrons. The van der Waals surface area contributed by atoms with Crippen LogP contribution in [0.4, 0.5) is 11.5 Å². The monoisotopic (exact) mass is 416 g/mol. The summed E-state index contributed by atoms with van der Waals surface area (Å²) in [5, 5.41) is 29.9. The van der Waals surface area contributed by atoms with Crippen LogP contribution in [0.15, 0.2) is 66.9 Å². The number of esters is 1. The summed E-state index contributed by atoms with van der Waals surface area (Å²) in [6.45, 7) is 1.18. The van der Waals surface area contributed by atoms with Crippen LogP contribution in [0.1, 0.15) is 12.6 Å². The molecule has 0 atom stereocenters. The van der Waals surface area contributed by atoms with E-state index in [2.05, 4.69) is 20.5 Å². The number of hydrogen-bond donors (Lipinski definition) is 4. The molecule has 0 bridgehead atoms. The molecule has 0 unspecified atom stereocenters. The van der Waals surface area contributed by atoms with Gasteiger partial charge in [0.25, 0.3) is 0 Å². The van der Waals surface area contributed by atoms with E-state index in [1.807, 2.05) is 30.3 Å². The molecule has 2 aromatic heterocycles. The topological polar surface area (TPSA) is 120 Å². The van der Waals surface area contributed by atoms with Crippen LogP contribution in [0.25, 0.3) is 22.4 Å². The third-order valence-electron chi connectivity index (χ3n) is 4.57. The molecule has 0 saturated heterocycles. The van der Waals surface area contributed by atoms with Crippen LogP contribution in [0.5, 0.6) is 11.5 Å². The molecule has 4 aromatic rings. The average Bonchev–Trinajstić information content (AvgIpc) is 3.22. The summed E-state index contributed by atoms with van der Waals surface area (Å²) in [6.07, 6.45) is 1.62. The van der Waals surface area contributed by atoms with Crippen molar-refractivity contribution in [1.82, 2.24) is 15.2 Å². The molecule has 31 heavy (non-hydrogen) atoms. The molecule has 0 amide bonds. The predicted octanol–water partition coefficient (Wildman–Crippen LogP) is 4.01. The highest BCUT2D eigenvalue weighted by Crippen LogP contribution is 2.33. The highest BCUT2D eigenvalue weighted by molar-refractivity contribution is 5.76. The zero-order valence-electron chi connectivity index (χ0n) is 16.7. The molecule has 0 saturated carbocycles. The van der Waals surface area contributed by atoms with Gasteiger partial charge in [-0.05, 0) is 35.4 Å². The lowest BCUT2D eigenvalue weighted by Crippen LogP contribution is -2.00. The zero-order chi connectivity index (χ0) is 21.8. The number of ether oxygens (including phenoxy) is 1. The van der Waals surface area contributed by atoms with E-state index >= 15 is 0 Å². The molecule has 4 rings (SSSR count). The van der Waals surface area contributed by atoms with Gasteiger partial charge in [-0.15, -0.1) is 0 Å². The lowest BCUT2D eigenvalue weighted by atomic mass is 10.0. The number of phenolic OH excluding ortho intramolecular Hbond substituents is 1.